The zero-order valence-electron chi connectivity index (χ0n) is 8.74. The number of thiazole rings is 1. The van der Waals surface area contributed by atoms with Crippen molar-refractivity contribution in [1.29, 1.82) is 0 Å². The van der Waals surface area contributed by atoms with Crippen LogP contribution in [-0.4, -0.2) is 18.1 Å². The predicted octanol–water partition coefficient (Wildman–Crippen LogP) is 2.83. The summed E-state index contributed by atoms with van der Waals surface area (Å²) in [6, 6.07) is 0. The summed E-state index contributed by atoms with van der Waals surface area (Å²) >= 11 is 1.54. The van der Waals surface area contributed by atoms with Crippen LogP contribution in [0.15, 0.2) is 5.38 Å². The van der Waals surface area contributed by atoms with E-state index in [1.165, 1.54) is 18.4 Å². The van der Waals surface area contributed by atoms with Crippen LogP contribution < -0.4 is 0 Å². The fourth-order valence-corrected chi connectivity index (χ4v) is 2.37. The number of methoxy groups -OCH3 is 1. The lowest BCUT2D eigenvalue weighted by molar-refractivity contribution is 0.0594. The quantitative estimate of drug-likeness (QED) is 0.722. The molecule has 1 rings (SSSR count). The van der Waals surface area contributed by atoms with Crippen LogP contribution in [0.5, 0.6) is 0 Å². The minimum atomic E-state index is -0.349. The molecule has 0 saturated heterocycles. The van der Waals surface area contributed by atoms with Crippen molar-refractivity contribution in [3.8, 4) is 0 Å². The van der Waals surface area contributed by atoms with E-state index in [0.29, 0.717) is 11.6 Å². The Morgan fingerprint density at radius 2 is 2.21 bits per heavy atom. The van der Waals surface area contributed by atoms with Gasteiger partial charge in [0.1, 0.15) is 0 Å². The second kappa shape index (κ2) is 5.10. The first kappa shape index (κ1) is 11.2. The largest absolute Gasteiger partial charge is 0.464 e. The molecule has 0 unspecified atom stereocenters. The predicted molar refractivity (Wildman–Crippen MR) is 56.8 cm³/mol. The van der Waals surface area contributed by atoms with E-state index < -0.39 is 0 Å². The first-order valence-corrected chi connectivity index (χ1v) is 5.64. The zero-order valence-corrected chi connectivity index (χ0v) is 9.56. The van der Waals surface area contributed by atoms with Gasteiger partial charge in [0.05, 0.1) is 12.1 Å². The summed E-state index contributed by atoms with van der Waals surface area (Å²) < 4.78 is 4.60. The van der Waals surface area contributed by atoms with Gasteiger partial charge in [-0.1, -0.05) is 13.8 Å². The normalized spacial score (nSPS) is 10.6. The van der Waals surface area contributed by atoms with Gasteiger partial charge in [-0.3, -0.25) is 0 Å². The SMILES string of the molecule is CCC(CC)c1nc(C(=O)OC)cs1. The standard InChI is InChI=1S/C10H15NO2S/c1-4-7(5-2)9-11-8(6-14-9)10(12)13-3/h6-7H,4-5H2,1-3H3. The number of aromatic nitrogens is 1. The topological polar surface area (TPSA) is 39.2 Å². The van der Waals surface area contributed by atoms with Crippen LogP contribution in [0.1, 0.15) is 48.1 Å². The maximum atomic E-state index is 11.1. The van der Waals surface area contributed by atoms with Crippen LogP contribution in [0.3, 0.4) is 0 Å². The van der Waals surface area contributed by atoms with Crippen molar-refractivity contribution in [2.24, 2.45) is 0 Å². The van der Waals surface area contributed by atoms with Gasteiger partial charge in [-0.25, -0.2) is 9.78 Å². The molecule has 0 aliphatic carbocycles. The molecule has 0 spiro atoms. The first-order valence-electron chi connectivity index (χ1n) is 4.76. The van der Waals surface area contributed by atoms with Crippen molar-refractivity contribution in [1.82, 2.24) is 4.98 Å². The van der Waals surface area contributed by atoms with Gasteiger partial charge in [-0.05, 0) is 12.8 Å². The highest BCUT2D eigenvalue weighted by Crippen LogP contribution is 2.26. The van der Waals surface area contributed by atoms with Crippen molar-refractivity contribution in [3.63, 3.8) is 0 Å². The molecule has 0 saturated carbocycles. The highest BCUT2D eigenvalue weighted by molar-refractivity contribution is 7.09. The molecular weight excluding hydrogens is 198 g/mol. The molecule has 0 radical (unpaired) electrons. The van der Waals surface area contributed by atoms with Gasteiger partial charge < -0.3 is 4.74 Å². The fourth-order valence-electron chi connectivity index (χ4n) is 1.31. The maximum Gasteiger partial charge on any atom is 0.357 e. The van der Waals surface area contributed by atoms with Crippen LogP contribution in [0.2, 0.25) is 0 Å². The van der Waals surface area contributed by atoms with Gasteiger partial charge >= 0.3 is 5.97 Å². The summed E-state index contributed by atoms with van der Waals surface area (Å²) in [5.74, 6) is 0.122. The van der Waals surface area contributed by atoms with E-state index >= 15 is 0 Å². The third-order valence-electron chi connectivity index (χ3n) is 2.25. The smallest absolute Gasteiger partial charge is 0.357 e. The van der Waals surface area contributed by atoms with Crippen molar-refractivity contribution in [3.05, 3.63) is 16.1 Å². The molecule has 1 heterocycles. The number of hydrogen-bond acceptors (Lipinski definition) is 4. The van der Waals surface area contributed by atoms with Crippen LogP contribution in [0.25, 0.3) is 0 Å². The molecule has 3 nitrogen and oxygen atoms in total. The van der Waals surface area contributed by atoms with Crippen molar-refractivity contribution in [2.75, 3.05) is 7.11 Å². The average molecular weight is 213 g/mol. The molecule has 1 aromatic heterocycles. The minimum absolute atomic E-state index is 0.349. The number of ether oxygens (including phenoxy) is 1. The summed E-state index contributed by atoms with van der Waals surface area (Å²) in [6.07, 6.45) is 2.12. The van der Waals surface area contributed by atoms with Crippen LogP contribution in [-0.2, 0) is 4.74 Å². The highest BCUT2D eigenvalue weighted by Gasteiger charge is 2.15. The lowest BCUT2D eigenvalue weighted by Gasteiger charge is -2.06. The van der Waals surface area contributed by atoms with Crippen LogP contribution in [0.4, 0.5) is 0 Å². The lowest BCUT2D eigenvalue weighted by atomic mass is 10.1. The van der Waals surface area contributed by atoms with Crippen LogP contribution >= 0.6 is 11.3 Å². The molecule has 0 aliphatic heterocycles. The van der Waals surface area contributed by atoms with Crippen molar-refractivity contribution in [2.45, 2.75) is 32.6 Å². The second-order valence-electron chi connectivity index (χ2n) is 3.08. The second-order valence-corrected chi connectivity index (χ2v) is 3.97. The number of carbonyl (C=O) groups is 1. The summed E-state index contributed by atoms with van der Waals surface area (Å²) in [5.41, 5.74) is 0.430. The van der Waals surface area contributed by atoms with E-state index in [4.69, 9.17) is 0 Å². The number of rotatable bonds is 4. The Balaban J connectivity index is 2.81. The van der Waals surface area contributed by atoms with Crippen molar-refractivity contribution < 1.29 is 9.53 Å². The van der Waals surface area contributed by atoms with E-state index in [1.807, 2.05) is 0 Å². The Morgan fingerprint density at radius 3 is 2.71 bits per heavy atom. The molecule has 0 aromatic carbocycles. The zero-order chi connectivity index (χ0) is 10.6. The fraction of sp³-hybridized carbons (Fsp3) is 0.600. The summed E-state index contributed by atoms with van der Waals surface area (Å²) in [4.78, 5) is 15.4. The number of hydrogen-bond donors (Lipinski definition) is 0. The molecule has 0 aliphatic rings. The molecular formula is C10H15NO2S. The maximum absolute atomic E-state index is 11.1. The number of carbonyl (C=O) groups excluding carboxylic acids is 1. The summed E-state index contributed by atoms with van der Waals surface area (Å²) in [7, 11) is 1.37. The van der Waals surface area contributed by atoms with Crippen molar-refractivity contribution >= 4 is 17.3 Å². The molecule has 0 N–H and O–H groups in total. The Hall–Kier alpha value is -0.900. The van der Waals surface area contributed by atoms with Crippen LogP contribution in [0, 0.1) is 0 Å². The van der Waals surface area contributed by atoms with Gasteiger partial charge in [-0.2, -0.15) is 0 Å². The van der Waals surface area contributed by atoms with Gasteiger partial charge in [0.2, 0.25) is 0 Å². The van der Waals surface area contributed by atoms with E-state index in [0.717, 1.165) is 17.8 Å². The number of nitrogens with zero attached hydrogens (tertiary/aromatic N) is 1. The molecule has 0 atom stereocenters. The molecule has 78 valence electrons. The summed E-state index contributed by atoms with van der Waals surface area (Å²) in [5, 5.41) is 2.80. The third kappa shape index (κ3) is 2.32. The Morgan fingerprint density at radius 1 is 1.57 bits per heavy atom. The van der Waals surface area contributed by atoms with Gasteiger partial charge in [0.25, 0.3) is 0 Å². The average Bonchev–Trinajstić information content (AvgIpc) is 2.68. The Bertz CT molecular complexity index is 305. The highest BCUT2D eigenvalue weighted by atomic mass is 32.1. The Labute approximate surface area is 88.1 Å². The molecule has 4 heteroatoms. The summed E-state index contributed by atoms with van der Waals surface area (Å²) in [6.45, 7) is 4.26. The molecule has 0 amide bonds. The molecule has 0 bridgehead atoms. The van der Waals surface area contributed by atoms with Gasteiger partial charge in [-0.15, -0.1) is 11.3 Å². The van der Waals surface area contributed by atoms with Gasteiger partial charge in [0, 0.05) is 11.3 Å². The molecule has 14 heavy (non-hydrogen) atoms. The number of esters is 1. The van der Waals surface area contributed by atoms with E-state index in [-0.39, 0.29) is 5.97 Å². The molecule has 1 aromatic rings. The molecule has 0 fully saturated rings. The lowest BCUT2D eigenvalue weighted by Crippen LogP contribution is -2.02. The minimum Gasteiger partial charge on any atom is -0.464 e. The monoisotopic (exact) mass is 213 g/mol. The van der Waals surface area contributed by atoms with E-state index in [2.05, 4.69) is 23.6 Å². The van der Waals surface area contributed by atoms with E-state index in [9.17, 15) is 4.79 Å². The third-order valence-corrected chi connectivity index (χ3v) is 3.26. The van der Waals surface area contributed by atoms with Gasteiger partial charge in [0.15, 0.2) is 5.69 Å². The first-order chi connectivity index (χ1) is 6.72. The van der Waals surface area contributed by atoms with E-state index in [1.54, 1.807) is 5.38 Å². The Kier molecular flexibility index (Phi) is 4.07.